The maximum atomic E-state index is 11.7. The molecule has 2 unspecified atom stereocenters. The van der Waals surface area contributed by atoms with Crippen molar-refractivity contribution < 1.29 is 14.1 Å². The van der Waals surface area contributed by atoms with Crippen LogP contribution < -0.4 is 0 Å². The van der Waals surface area contributed by atoms with Crippen LogP contribution in [0.3, 0.4) is 0 Å². The highest BCUT2D eigenvalue weighted by atomic mass is 32.2. The Labute approximate surface area is 104 Å². The smallest absolute Gasteiger partial charge is 0.304 e. The number of carboxylic acid groups (broad SMARTS) is 1. The molecule has 94 valence electrons. The Morgan fingerprint density at radius 2 is 2.00 bits per heavy atom. The highest BCUT2D eigenvalue weighted by Gasteiger charge is 2.14. The first-order valence-corrected chi connectivity index (χ1v) is 7.10. The predicted octanol–water partition coefficient (Wildman–Crippen LogP) is 2.23. The fourth-order valence-corrected chi connectivity index (χ4v) is 2.76. The molecule has 0 aromatic heterocycles. The number of hydrogen-bond acceptors (Lipinski definition) is 2. The van der Waals surface area contributed by atoms with Crippen molar-refractivity contribution in [2.75, 3.05) is 5.75 Å². The second-order valence-corrected chi connectivity index (χ2v) is 6.06. The maximum absolute atomic E-state index is 11.7. The Morgan fingerprint density at radius 3 is 2.59 bits per heavy atom. The molecule has 0 heterocycles. The lowest BCUT2D eigenvalue weighted by Crippen LogP contribution is -2.18. The lowest BCUT2D eigenvalue weighted by Gasteiger charge is -2.08. The van der Waals surface area contributed by atoms with Crippen LogP contribution in [0.4, 0.5) is 0 Å². The van der Waals surface area contributed by atoms with E-state index in [1.54, 1.807) is 6.92 Å². The Kier molecular flexibility index (Phi) is 5.91. The number of carbonyl (C=O) groups is 1. The maximum Gasteiger partial charge on any atom is 0.304 e. The van der Waals surface area contributed by atoms with Gasteiger partial charge in [0.05, 0.1) is 6.42 Å². The molecule has 1 rings (SSSR count). The zero-order valence-corrected chi connectivity index (χ0v) is 10.8. The summed E-state index contributed by atoms with van der Waals surface area (Å²) < 4.78 is 11.7. The summed E-state index contributed by atoms with van der Waals surface area (Å²) in [7, 11) is -1.04. The van der Waals surface area contributed by atoms with Crippen molar-refractivity contribution in [3.05, 3.63) is 35.9 Å². The summed E-state index contributed by atoms with van der Waals surface area (Å²) in [4.78, 5) is 10.5. The minimum atomic E-state index is -1.04. The van der Waals surface area contributed by atoms with E-state index in [-0.39, 0.29) is 11.7 Å². The van der Waals surface area contributed by atoms with Crippen molar-refractivity contribution in [3.63, 3.8) is 0 Å². The Bertz CT molecular complexity index is 376. The minimum absolute atomic E-state index is 0.0159. The van der Waals surface area contributed by atoms with E-state index >= 15 is 0 Å². The van der Waals surface area contributed by atoms with Gasteiger partial charge in [-0.3, -0.25) is 9.00 Å². The van der Waals surface area contributed by atoms with Crippen LogP contribution in [0.1, 0.15) is 25.3 Å². The van der Waals surface area contributed by atoms with Gasteiger partial charge in [0, 0.05) is 21.8 Å². The molecule has 1 aromatic rings. The number of hydrogen-bond donors (Lipinski definition) is 1. The van der Waals surface area contributed by atoms with Crippen LogP contribution in [-0.2, 0) is 22.0 Å². The van der Waals surface area contributed by atoms with E-state index in [2.05, 4.69) is 0 Å². The van der Waals surface area contributed by atoms with Crippen LogP contribution in [0.25, 0.3) is 0 Å². The van der Waals surface area contributed by atoms with Crippen molar-refractivity contribution in [2.24, 2.45) is 0 Å². The molecular formula is C13H18O3S. The van der Waals surface area contributed by atoms with Gasteiger partial charge in [-0.1, -0.05) is 37.3 Å². The Balaban J connectivity index is 2.27. The molecule has 2 atom stereocenters. The highest BCUT2D eigenvalue weighted by molar-refractivity contribution is 7.85. The molecule has 0 aliphatic carbocycles. The summed E-state index contributed by atoms with van der Waals surface area (Å²) in [5.74, 6) is -0.308. The van der Waals surface area contributed by atoms with Gasteiger partial charge in [0.25, 0.3) is 0 Å². The molecular weight excluding hydrogens is 236 g/mol. The van der Waals surface area contributed by atoms with E-state index in [1.165, 1.54) is 5.56 Å². The first-order valence-electron chi connectivity index (χ1n) is 5.72. The summed E-state index contributed by atoms with van der Waals surface area (Å²) >= 11 is 0. The van der Waals surface area contributed by atoms with E-state index in [0.29, 0.717) is 5.75 Å². The molecule has 17 heavy (non-hydrogen) atoms. The van der Waals surface area contributed by atoms with E-state index in [4.69, 9.17) is 5.11 Å². The van der Waals surface area contributed by atoms with Crippen molar-refractivity contribution in [3.8, 4) is 0 Å². The van der Waals surface area contributed by atoms with Crippen LogP contribution in [0.15, 0.2) is 30.3 Å². The van der Waals surface area contributed by atoms with Crippen molar-refractivity contribution in [1.29, 1.82) is 0 Å². The third-order valence-corrected chi connectivity index (χ3v) is 4.32. The Hall–Kier alpha value is -1.16. The predicted molar refractivity (Wildman–Crippen MR) is 69.5 cm³/mol. The molecule has 0 saturated heterocycles. The highest BCUT2D eigenvalue weighted by Crippen LogP contribution is 2.07. The molecule has 0 aliphatic heterocycles. The van der Waals surface area contributed by atoms with Gasteiger partial charge in [0.1, 0.15) is 0 Å². The quantitative estimate of drug-likeness (QED) is 0.811. The molecule has 0 saturated carbocycles. The Morgan fingerprint density at radius 1 is 1.35 bits per heavy atom. The van der Waals surface area contributed by atoms with Crippen LogP contribution in [-0.4, -0.2) is 26.3 Å². The average molecular weight is 254 g/mol. The second-order valence-electron chi connectivity index (χ2n) is 4.08. The molecule has 0 amide bonds. The number of benzene rings is 1. The first-order chi connectivity index (χ1) is 8.09. The summed E-state index contributed by atoms with van der Waals surface area (Å²) in [6.07, 6.45) is 1.71. The molecule has 3 nitrogen and oxygen atoms in total. The lowest BCUT2D eigenvalue weighted by atomic mass is 10.1. The topological polar surface area (TPSA) is 54.4 Å². The molecule has 4 heteroatoms. The van der Waals surface area contributed by atoms with Gasteiger partial charge in [-0.25, -0.2) is 0 Å². The van der Waals surface area contributed by atoms with Crippen LogP contribution in [0.2, 0.25) is 0 Å². The average Bonchev–Trinajstić information content (AvgIpc) is 2.29. The van der Waals surface area contributed by atoms with E-state index < -0.39 is 16.8 Å². The second kappa shape index (κ2) is 7.22. The lowest BCUT2D eigenvalue weighted by molar-refractivity contribution is -0.136. The van der Waals surface area contributed by atoms with Gasteiger partial charge in [-0.2, -0.15) is 0 Å². The summed E-state index contributed by atoms with van der Waals surface area (Å²) in [6.45, 7) is 1.73. The molecule has 1 aromatic carbocycles. The van der Waals surface area contributed by atoms with Gasteiger partial charge in [0.2, 0.25) is 0 Å². The van der Waals surface area contributed by atoms with Gasteiger partial charge < -0.3 is 5.11 Å². The van der Waals surface area contributed by atoms with Gasteiger partial charge in [-0.05, 0) is 18.4 Å². The molecule has 1 N–H and O–H groups in total. The first kappa shape index (κ1) is 13.9. The molecule has 0 radical (unpaired) electrons. The summed E-state index contributed by atoms with van der Waals surface area (Å²) in [5, 5.41) is 8.34. The fourth-order valence-electron chi connectivity index (χ4n) is 1.60. The zero-order valence-electron chi connectivity index (χ0n) is 9.96. The minimum Gasteiger partial charge on any atom is -0.481 e. The van der Waals surface area contributed by atoms with E-state index in [1.807, 2.05) is 30.3 Å². The van der Waals surface area contributed by atoms with Gasteiger partial charge in [-0.15, -0.1) is 0 Å². The number of aliphatic carboxylic acids is 1. The normalized spacial score (nSPS) is 14.2. The largest absolute Gasteiger partial charge is 0.481 e. The van der Waals surface area contributed by atoms with Crippen LogP contribution in [0.5, 0.6) is 0 Å². The number of aryl methyl sites for hydroxylation is 1. The molecule has 0 fully saturated rings. The fraction of sp³-hybridized carbons (Fsp3) is 0.462. The van der Waals surface area contributed by atoms with E-state index in [9.17, 15) is 9.00 Å². The number of rotatable bonds is 7. The van der Waals surface area contributed by atoms with Crippen molar-refractivity contribution in [1.82, 2.24) is 0 Å². The van der Waals surface area contributed by atoms with Crippen molar-refractivity contribution >= 4 is 16.8 Å². The molecule has 0 bridgehead atoms. The third kappa shape index (κ3) is 5.63. The third-order valence-electron chi connectivity index (χ3n) is 2.56. The summed E-state index contributed by atoms with van der Waals surface area (Å²) in [6, 6.07) is 10.0. The van der Waals surface area contributed by atoms with Crippen molar-refractivity contribution in [2.45, 2.75) is 31.4 Å². The number of carboxylic acids is 1. The zero-order chi connectivity index (χ0) is 12.7. The SMILES string of the molecule is CC(CC(=O)O)S(=O)CCCc1ccccc1. The monoisotopic (exact) mass is 254 g/mol. The van der Waals surface area contributed by atoms with Crippen LogP contribution in [0, 0.1) is 0 Å². The summed E-state index contributed by atoms with van der Waals surface area (Å²) in [5.41, 5.74) is 1.23. The molecule has 0 spiro atoms. The van der Waals surface area contributed by atoms with Gasteiger partial charge >= 0.3 is 5.97 Å². The van der Waals surface area contributed by atoms with Crippen LogP contribution >= 0.6 is 0 Å². The standard InChI is InChI=1S/C13H18O3S/c1-11(10-13(14)15)17(16)9-5-8-12-6-3-2-4-7-12/h2-4,6-7,11H,5,8-10H2,1H3,(H,14,15). The van der Waals surface area contributed by atoms with E-state index in [0.717, 1.165) is 12.8 Å². The molecule has 0 aliphatic rings. The van der Waals surface area contributed by atoms with Gasteiger partial charge in [0.15, 0.2) is 0 Å².